The van der Waals surface area contributed by atoms with E-state index in [4.69, 9.17) is 11.6 Å². The second-order valence-corrected chi connectivity index (χ2v) is 4.17. The van der Waals surface area contributed by atoms with Crippen LogP contribution in [0.5, 0.6) is 0 Å². The van der Waals surface area contributed by atoms with Crippen molar-refractivity contribution in [3.05, 3.63) is 26.7 Å². The number of nitrogens with zero attached hydrogens (tertiary/aromatic N) is 1. The van der Waals surface area contributed by atoms with Crippen molar-refractivity contribution in [2.24, 2.45) is 0 Å². The van der Waals surface area contributed by atoms with E-state index in [1.54, 1.807) is 11.4 Å². The van der Waals surface area contributed by atoms with Crippen molar-refractivity contribution in [2.45, 2.75) is 19.8 Å². The first-order valence-electron chi connectivity index (χ1n) is 4.20. The summed E-state index contributed by atoms with van der Waals surface area (Å²) in [4.78, 5) is 11.4. The number of carbonyl (C=O) groups is 1. The Morgan fingerprint density at radius 1 is 1.64 bits per heavy atom. The molecule has 1 amide bonds. The molecule has 0 N–H and O–H groups in total. The Labute approximate surface area is 118 Å². The molecule has 1 heterocycles. The molecule has 0 saturated carbocycles. The zero-order valence-corrected chi connectivity index (χ0v) is 12.4. The van der Waals surface area contributed by atoms with Gasteiger partial charge >= 0.3 is 0 Å². The SMILES string of the molecule is CCCC[N-]C(=O)c1ccsc1Cl.[Y]. The van der Waals surface area contributed by atoms with E-state index in [2.05, 4.69) is 12.2 Å². The van der Waals surface area contributed by atoms with Crippen molar-refractivity contribution in [3.63, 3.8) is 0 Å². The Morgan fingerprint density at radius 3 is 2.86 bits per heavy atom. The Bertz CT molecular complexity index is 290. The van der Waals surface area contributed by atoms with Crippen molar-refractivity contribution >= 4 is 28.8 Å². The van der Waals surface area contributed by atoms with Gasteiger partial charge < -0.3 is 10.1 Å². The Morgan fingerprint density at radius 2 is 2.36 bits per heavy atom. The van der Waals surface area contributed by atoms with Crippen LogP contribution in [-0.4, -0.2) is 12.5 Å². The van der Waals surface area contributed by atoms with Gasteiger partial charge in [-0.05, 0) is 11.4 Å². The van der Waals surface area contributed by atoms with E-state index in [1.165, 1.54) is 11.3 Å². The van der Waals surface area contributed by atoms with Gasteiger partial charge in [-0.15, -0.1) is 17.9 Å². The van der Waals surface area contributed by atoms with Crippen LogP contribution in [0.25, 0.3) is 5.32 Å². The summed E-state index contributed by atoms with van der Waals surface area (Å²) in [6.07, 6.45) is 2.00. The van der Waals surface area contributed by atoms with Gasteiger partial charge in [0.1, 0.15) is 4.34 Å². The maximum absolute atomic E-state index is 11.4. The van der Waals surface area contributed by atoms with Crippen LogP contribution in [0.1, 0.15) is 30.1 Å². The molecule has 0 aromatic carbocycles. The number of hydrogen-bond acceptors (Lipinski definition) is 2. The Kier molecular flexibility index (Phi) is 8.12. The maximum atomic E-state index is 11.4. The van der Waals surface area contributed by atoms with E-state index in [1.807, 2.05) is 0 Å². The topological polar surface area (TPSA) is 31.2 Å². The minimum absolute atomic E-state index is 0. The molecule has 75 valence electrons. The molecule has 0 bridgehead atoms. The van der Waals surface area contributed by atoms with Crippen molar-refractivity contribution in [3.8, 4) is 0 Å². The van der Waals surface area contributed by atoms with E-state index in [-0.39, 0.29) is 38.6 Å². The number of amides is 1. The van der Waals surface area contributed by atoms with Gasteiger partial charge in [-0.1, -0.05) is 31.4 Å². The van der Waals surface area contributed by atoms with Crippen LogP contribution in [0.4, 0.5) is 0 Å². The maximum Gasteiger partial charge on any atom is 0.102 e. The molecule has 0 saturated heterocycles. The standard InChI is InChI=1S/C9H12ClNOS.Y/c1-2-3-5-11-9(12)7-4-6-13-8(7)10;/h4,6H,2-3,5H2,1H3,(H,11,12);/p-1. The van der Waals surface area contributed by atoms with Crippen LogP contribution in [0.15, 0.2) is 11.4 Å². The first-order valence-corrected chi connectivity index (χ1v) is 5.46. The molecule has 0 aliphatic heterocycles. The molecule has 0 unspecified atom stereocenters. The number of hydrogen-bond donors (Lipinski definition) is 0. The number of carbonyl (C=O) groups excluding carboxylic acids is 1. The molecule has 2 nitrogen and oxygen atoms in total. The molecule has 5 heteroatoms. The monoisotopic (exact) mass is 305 g/mol. The van der Waals surface area contributed by atoms with Gasteiger partial charge in [0.25, 0.3) is 0 Å². The van der Waals surface area contributed by atoms with Crippen molar-refractivity contribution in [1.82, 2.24) is 0 Å². The van der Waals surface area contributed by atoms with Crippen molar-refractivity contribution in [2.75, 3.05) is 6.54 Å². The van der Waals surface area contributed by atoms with E-state index < -0.39 is 0 Å². The molecule has 1 aromatic rings. The van der Waals surface area contributed by atoms with Crippen molar-refractivity contribution in [1.29, 1.82) is 0 Å². The number of unbranched alkanes of at least 4 members (excludes halogenated alkanes) is 1. The second-order valence-electron chi connectivity index (χ2n) is 2.65. The summed E-state index contributed by atoms with van der Waals surface area (Å²) >= 11 is 7.14. The molecular formula is C9H11ClNOSY-. The molecule has 1 aromatic heterocycles. The molecule has 1 rings (SSSR count). The fraction of sp³-hybridized carbons (Fsp3) is 0.444. The first kappa shape index (κ1) is 14.6. The van der Waals surface area contributed by atoms with Gasteiger partial charge in [0.2, 0.25) is 0 Å². The third-order valence-corrected chi connectivity index (χ3v) is 2.79. The fourth-order valence-electron chi connectivity index (χ4n) is 0.870. The van der Waals surface area contributed by atoms with E-state index >= 15 is 0 Å². The van der Waals surface area contributed by atoms with Gasteiger partial charge in [0, 0.05) is 38.3 Å². The smallest absolute Gasteiger partial charge is 0.102 e. The van der Waals surface area contributed by atoms with E-state index in [0.29, 0.717) is 16.4 Å². The van der Waals surface area contributed by atoms with E-state index in [0.717, 1.165) is 12.8 Å². The quantitative estimate of drug-likeness (QED) is 0.780. The summed E-state index contributed by atoms with van der Waals surface area (Å²) in [5, 5.41) is 5.70. The third-order valence-electron chi connectivity index (χ3n) is 1.62. The van der Waals surface area contributed by atoms with Crippen LogP contribution in [0, 0.1) is 0 Å². The predicted molar refractivity (Wildman–Crippen MR) is 56.8 cm³/mol. The van der Waals surface area contributed by atoms with Crippen LogP contribution in [-0.2, 0) is 32.7 Å². The molecular weight excluding hydrogens is 295 g/mol. The minimum Gasteiger partial charge on any atom is -0.649 e. The fourth-order valence-corrected chi connectivity index (χ4v) is 1.77. The number of thiophene rings is 1. The summed E-state index contributed by atoms with van der Waals surface area (Å²) in [6, 6.07) is 1.71. The molecule has 0 atom stereocenters. The van der Waals surface area contributed by atoms with Crippen LogP contribution in [0.3, 0.4) is 0 Å². The zero-order chi connectivity index (χ0) is 9.68. The summed E-state index contributed by atoms with van der Waals surface area (Å²) in [7, 11) is 0. The largest absolute Gasteiger partial charge is 0.649 e. The summed E-state index contributed by atoms with van der Waals surface area (Å²) in [6.45, 7) is 2.67. The third kappa shape index (κ3) is 4.39. The molecule has 1 radical (unpaired) electrons. The van der Waals surface area contributed by atoms with Crippen LogP contribution < -0.4 is 0 Å². The second kappa shape index (κ2) is 7.80. The minimum atomic E-state index is -0.195. The number of rotatable bonds is 4. The van der Waals surface area contributed by atoms with Gasteiger partial charge in [-0.2, -0.15) is 0 Å². The average molecular weight is 306 g/mol. The van der Waals surface area contributed by atoms with Crippen LogP contribution in [0.2, 0.25) is 4.34 Å². The zero-order valence-electron chi connectivity index (χ0n) is 8.00. The van der Waals surface area contributed by atoms with Gasteiger partial charge in [-0.25, -0.2) is 0 Å². The molecule has 0 aliphatic carbocycles. The van der Waals surface area contributed by atoms with Crippen molar-refractivity contribution < 1.29 is 37.5 Å². The Balaban J connectivity index is 0.00000169. The van der Waals surface area contributed by atoms with Gasteiger partial charge in [0.15, 0.2) is 0 Å². The summed E-state index contributed by atoms with van der Waals surface area (Å²) in [5.41, 5.74) is 0.530. The average Bonchev–Trinajstić information content (AvgIpc) is 2.52. The summed E-state index contributed by atoms with van der Waals surface area (Å²) in [5.74, 6) is -0.195. The first-order chi connectivity index (χ1) is 6.25. The number of halogens is 1. The molecule has 0 spiro atoms. The van der Waals surface area contributed by atoms with E-state index in [9.17, 15) is 4.79 Å². The van der Waals surface area contributed by atoms with Gasteiger partial charge in [-0.3, -0.25) is 0 Å². The molecule has 0 aliphatic rings. The van der Waals surface area contributed by atoms with Crippen LogP contribution >= 0.6 is 22.9 Å². The van der Waals surface area contributed by atoms with Gasteiger partial charge in [0.05, 0.1) is 5.91 Å². The normalized spacial score (nSPS) is 9.29. The molecule has 14 heavy (non-hydrogen) atoms. The predicted octanol–water partition coefficient (Wildman–Crippen LogP) is 3.71. The Hall–Kier alpha value is 0.564. The summed E-state index contributed by atoms with van der Waals surface area (Å²) < 4.78 is 0.533. The molecule has 0 fully saturated rings.